The van der Waals surface area contributed by atoms with E-state index in [-0.39, 0.29) is 11.5 Å². The molecule has 29 heavy (non-hydrogen) atoms. The normalized spacial score (nSPS) is 10.9. The van der Waals surface area contributed by atoms with Crippen molar-refractivity contribution in [2.45, 2.75) is 13.2 Å². The molecule has 146 valence electrons. The molecule has 0 saturated heterocycles. The lowest BCUT2D eigenvalue weighted by molar-refractivity contribution is 0.102. The van der Waals surface area contributed by atoms with Crippen LogP contribution >= 0.6 is 11.3 Å². The smallest absolute Gasteiger partial charge is 0.259 e. The summed E-state index contributed by atoms with van der Waals surface area (Å²) in [6.45, 7) is 0.708. The van der Waals surface area contributed by atoms with Gasteiger partial charge in [0, 0.05) is 24.1 Å². The van der Waals surface area contributed by atoms with E-state index in [1.807, 2.05) is 36.4 Å². The Labute approximate surface area is 170 Å². The van der Waals surface area contributed by atoms with Gasteiger partial charge >= 0.3 is 0 Å². The number of methoxy groups -OCH3 is 1. The summed E-state index contributed by atoms with van der Waals surface area (Å²) in [5.41, 5.74) is 1.24. The lowest BCUT2D eigenvalue weighted by Gasteiger charge is -2.12. The van der Waals surface area contributed by atoms with E-state index < -0.39 is 0 Å². The molecule has 0 saturated carbocycles. The molecular weight excluding hydrogens is 388 g/mol. The molecule has 0 bridgehead atoms. The number of anilines is 1. The summed E-state index contributed by atoms with van der Waals surface area (Å²) in [5.74, 6) is -0.344. The average Bonchev–Trinajstić information content (AvgIpc) is 3.18. The van der Waals surface area contributed by atoms with Gasteiger partial charge in [-0.3, -0.25) is 14.9 Å². The minimum Gasteiger partial charge on any atom is -0.377 e. The third-order valence-corrected chi connectivity index (χ3v) is 5.20. The van der Waals surface area contributed by atoms with Gasteiger partial charge in [0.05, 0.1) is 12.1 Å². The molecule has 0 spiro atoms. The second-order valence-electron chi connectivity index (χ2n) is 6.40. The maximum absolute atomic E-state index is 13.0. The van der Waals surface area contributed by atoms with E-state index in [9.17, 15) is 9.59 Å². The van der Waals surface area contributed by atoms with E-state index in [1.54, 1.807) is 36.1 Å². The van der Waals surface area contributed by atoms with Crippen LogP contribution in [0, 0.1) is 0 Å². The van der Waals surface area contributed by atoms with Crippen LogP contribution in [-0.4, -0.2) is 27.8 Å². The second-order valence-corrected chi connectivity index (χ2v) is 7.46. The molecule has 0 atom stereocenters. The number of hydrogen-bond acceptors (Lipinski definition) is 6. The van der Waals surface area contributed by atoms with Gasteiger partial charge < -0.3 is 9.30 Å². The topological polar surface area (TPSA) is 86.1 Å². The molecule has 0 fully saturated rings. The van der Waals surface area contributed by atoms with Gasteiger partial charge in [-0.25, -0.2) is 0 Å². The fraction of sp³-hybridized carbons (Fsp3) is 0.143. The van der Waals surface area contributed by atoms with E-state index in [0.717, 1.165) is 5.56 Å². The molecule has 7 nitrogen and oxygen atoms in total. The number of carbonyl (C=O) groups is 1. The number of nitrogens with zero attached hydrogens (tertiary/aromatic N) is 3. The maximum Gasteiger partial charge on any atom is 0.259 e. The highest BCUT2D eigenvalue weighted by molar-refractivity contribution is 7.15. The second kappa shape index (κ2) is 8.34. The molecule has 0 aliphatic rings. The third kappa shape index (κ3) is 4.08. The predicted octanol–water partition coefficient (Wildman–Crippen LogP) is 3.30. The van der Waals surface area contributed by atoms with Crippen LogP contribution in [0.2, 0.25) is 0 Å². The molecule has 2 aromatic heterocycles. The molecule has 1 N–H and O–H groups in total. The van der Waals surface area contributed by atoms with Crippen molar-refractivity contribution in [3.05, 3.63) is 87.3 Å². The van der Waals surface area contributed by atoms with Gasteiger partial charge in [-0.2, -0.15) is 0 Å². The van der Waals surface area contributed by atoms with E-state index in [2.05, 4.69) is 15.5 Å². The minimum atomic E-state index is -0.344. The Balaban J connectivity index is 1.73. The Kier molecular flexibility index (Phi) is 5.46. The van der Waals surface area contributed by atoms with Gasteiger partial charge in [-0.05, 0) is 11.6 Å². The number of carbonyl (C=O) groups excluding carboxylic acids is 1. The number of ether oxygens (including phenoxy) is 1. The Morgan fingerprint density at radius 2 is 1.79 bits per heavy atom. The first-order valence-electron chi connectivity index (χ1n) is 8.94. The zero-order chi connectivity index (χ0) is 20.2. The number of fused-ring (bicyclic) bond motifs is 1. The largest absolute Gasteiger partial charge is 0.377 e. The van der Waals surface area contributed by atoms with Crippen LogP contribution in [-0.2, 0) is 17.9 Å². The van der Waals surface area contributed by atoms with E-state index in [0.29, 0.717) is 39.6 Å². The first kappa shape index (κ1) is 19.0. The molecule has 4 aromatic rings. The SMILES string of the molecule is COCc1nnc(NC(=O)c2cn(Cc3ccccc3)c(=O)c3ccccc23)s1. The average molecular weight is 406 g/mol. The van der Waals surface area contributed by atoms with Crippen molar-refractivity contribution in [2.24, 2.45) is 0 Å². The highest BCUT2D eigenvalue weighted by atomic mass is 32.1. The molecule has 4 rings (SSSR count). The quantitative estimate of drug-likeness (QED) is 0.531. The Bertz CT molecular complexity index is 1220. The summed E-state index contributed by atoms with van der Waals surface area (Å²) in [6, 6.07) is 16.8. The fourth-order valence-electron chi connectivity index (χ4n) is 3.07. The zero-order valence-electron chi connectivity index (χ0n) is 15.7. The van der Waals surface area contributed by atoms with Crippen LogP contribution in [0.15, 0.2) is 65.6 Å². The minimum absolute atomic E-state index is 0.140. The molecule has 2 heterocycles. The monoisotopic (exact) mass is 406 g/mol. The van der Waals surface area contributed by atoms with Crippen LogP contribution in [0.1, 0.15) is 20.9 Å². The third-order valence-electron chi connectivity index (χ3n) is 4.39. The first-order valence-corrected chi connectivity index (χ1v) is 9.76. The Hall–Kier alpha value is -3.36. The summed E-state index contributed by atoms with van der Waals surface area (Å²) >= 11 is 1.25. The summed E-state index contributed by atoms with van der Waals surface area (Å²) in [4.78, 5) is 25.9. The molecular formula is C21H18N4O3S. The zero-order valence-corrected chi connectivity index (χ0v) is 16.5. The maximum atomic E-state index is 13.0. The van der Waals surface area contributed by atoms with Gasteiger partial charge in [0.15, 0.2) is 0 Å². The molecule has 0 aliphatic heterocycles. The number of aromatic nitrogens is 3. The summed E-state index contributed by atoms with van der Waals surface area (Å²) < 4.78 is 6.59. The van der Waals surface area contributed by atoms with Crippen LogP contribution in [0.5, 0.6) is 0 Å². The van der Waals surface area contributed by atoms with Crippen LogP contribution in [0.4, 0.5) is 5.13 Å². The molecule has 8 heteroatoms. The Morgan fingerprint density at radius 1 is 1.07 bits per heavy atom. The van der Waals surface area contributed by atoms with Crippen molar-refractivity contribution in [3.63, 3.8) is 0 Å². The van der Waals surface area contributed by atoms with Gasteiger partial charge in [0.2, 0.25) is 5.13 Å². The van der Waals surface area contributed by atoms with Crippen LogP contribution < -0.4 is 10.9 Å². The lowest BCUT2D eigenvalue weighted by atomic mass is 10.1. The van der Waals surface area contributed by atoms with Crippen molar-refractivity contribution < 1.29 is 9.53 Å². The fourth-order valence-corrected chi connectivity index (χ4v) is 3.78. The van der Waals surface area contributed by atoms with Crippen molar-refractivity contribution in [1.82, 2.24) is 14.8 Å². The number of amides is 1. The highest BCUT2D eigenvalue weighted by Crippen LogP contribution is 2.20. The number of rotatable bonds is 6. The molecule has 2 aromatic carbocycles. The van der Waals surface area contributed by atoms with E-state index >= 15 is 0 Å². The van der Waals surface area contributed by atoms with Gasteiger partial charge in [-0.1, -0.05) is 59.9 Å². The van der Waals surface area contributed by atoms with E-state index in [1.165, 1.54) is 11.3 Å². The molecule has 0 unspecified atom stereocenters. The number of pyridine rings is 1. The summed E-state index contributed by atoms with van der Waals surface area (Å²) in [7, 11) is 1.57. The van der Waals surface area contributed by atoms with Crippen molar-refractivity contribution in [2.75, 3.05) is 12.4 Å². The molecule has 0 radical (unpaired) electrons. The Morgan fingerprint density at radius 3 is 2.55 bits per heavy atom. The van der Waals surface area contributed by atoms with Crippen molar-refractivity contribution >= 4 is 33.1 Å². The van der Waals surface area contributed by atoms with Gasteiger partial charge in [0.1, 0.15) is 11.6 Å². The van der Waals surface area contributed by atoms with Crippen molar-refractivity contribution in [1.29, 1.82) is 0 Å². The number of nitrogens with one attached hydrogen (secondary N) is 1. The standard InChI is InChI=1S/C21H18N4O3S/c1-28-13-18-23-24-21(29-18)22-19(26)17-12-25(11-14-7-3-2-4-8-14)20(27)16-10-6-5-9-15(16)17/h2-10,12H,11,13H2,1H3,(H,22,24,26). The first-order chi connectivity index (χ1) is 14.2. The summed E-state index contributed by atoms with van der Waals surface area (Å²) in [6.07, 6.45) is 1.60. The molecule has 1 amide bonds. The number of benzene rings is 2. The van der Waals surface area contributed by atoms with Crippen molar-refractivity contribution in [3.8, 4) is 0 Å². The van der Waals surface area contributed by atoms with Crippen LogP contribution in [0.25, 0.3) is 10.8 Å². The van der Waals surface area contributed by atoms with E-state index in [4.69, 9.17) is 4.74 Å². The van der Waals surface area contributed by atoms with Gasteiger partial charge in [0.25, 0.3) is 11.5 Å². The molecule has 0 aliphatic carbocycles. The summed E-state index contributed by atoms with van der Waals surface area (Å²) in [5, 5.41) is 12.9. The predicted molar refractivity (Wildman–Crippen MR) is 112 cm³/mol. The lowest BCUT2D eigenvalue weighted by Crippen LogP contribution is -2.24. The number of hydrogen-bond donors (Lipinski definition) is 1. The van der Waals surface area contributed by atoms with Crippen LogP contribution in [0.3, 0.4) is 0 Å². The highest BCUT2D eigenvalue weighted by Gasteiger charge is 2.17. The van der Waals surface area contributed by atoms with Gasteiger partial charge in [-0.15, -0.1) is 10.2 Å².